The van der Waals surface area contributed by atoms with E-state index < -0.39 is 5.97 Å². The van der Waals surface area contributed by atoms with Crippen LogP contribution < -0.4 is 9.47 Å². The molecular formula is C18H16N4O5S. The van der Waals surface area contributed by atoms with Crippen molar-refractivity contribution in [2.45, 2.75) is 5.16 Å². The van der Waals surface area contributed by atoms with E-state index >= 15 is 0 Å². The highest BCUT2D eigenvalue weighted by Gasteiger charge is 2.15. The van der Waals surface area contributed by atoms with Gasteiger partial charge >= 0.3 is 5.97 Å². The summed E-state index contributed by atoms with van der Waals surface area (Å²) in [5.41, 5.74) is 1.24. The summed E-state index contributed by atoms with van der Waals surface area (Å²) in [6, 6.07) is 11.1. The number of rotatable bonds is 8. The van der Waals surface area contributed by atoms with Crippen LogP contribution in [0.3, 0.4) is 0 Å². The maximum absolute atomic E-state index is 12.5. The molecule has 10 heteroatoms. The number of carboxylic acid groups (broad SMARTS) is 1. The number of nitrogens with zero attached hydrogens (tertiary/aromatic N) is 4. The number of carboxylic acids is 1. The van der Waals surface area contributed by atoms with Crippen molar-refractivity contribution in [3.05, 3.63) is 53.6 Å². The molecule has 0 unspecified atom stereocenters. The largest absolute Gasteiger partial charge is 0.493 e. The average Bonchev–Trinajstić information content (AvgIpc) is 3.20. The minimum Gasteiger partial charge on any atom is -0.493 e. The van der Waals surface area contributed by atoms with E-state index in [0.29, 0.717) is 27.9 Å². The van der Waals surface area contributed by atoms with Crippen LogP contribution in [0.4, 0.5) is 0 Å². The van der Waals surface area contributed by atoms with E-state index in [1.807, 2.05) is 0 Å². The molecule has 2 aromatic carbocycles. The Morgan fingerprint density at radius 1 is 1.04 bits per heavy atom. The smallest absolute Gasteiger partial charge is 0.335 e. The van der Waals surface area contributed by atoms with Gasteiger partial charge in [0.2, 0.25) is 5.16 Å². The summed E-state index contributed by atoms with van der Waals surface area (Å²) in [4.78, 5) is 23.5. The third kappa shape index (κ3) is 4.12. The molecule has 0 spiro atoms. The van der Waals surface area contributed by atoms with Gasteiger partial charge in [0.05, 0.1) is 31.2 Å². The monoisotopic (exact) mass is 400 g/mol. The van der Waals surface area contributed by atoms with Gasteiger partial charge in [-0.2, -0.15) is 4.68 Å². The van der Waals surface area contributed by atoms with E-state index in [9.17, 15) is 9.59 Å². The molecular weight excluding hydrogens is 384 g/mol. The molecule has 0 radical (unpaired) electrons. The lowest BCUT2D eigenvalue weighted by Gasteiger charge is -2.09. The van der Waals surface area contributed by atoms with Gasteiger partial charge in [-0.1, -0.05) is 11.8 Å². The topological polar surface area (TPSA) is 116 Å². The molecule has 0 saturated carbocycles. The molecule has 0 saturated heterocycles. The van der Waals surface area contributed by atoms with Crippen molar-refractivity contribution in [3.63, 3.8) is 0 Å². The van der Waals surface area contributed by atoms with E-state index in [0.717, 1.165) is 0 Å². The first-order valence-corrected chi connectivity index (χ1v) is 9.02. The molecule has 1 heterocycles. The second-order valence-electron chi connectivity index (χ2n) is 5.51. The number of Topliss-reactive ketones (excluding diaryl/α,β-unsaturated/α-hetero) is 1. The van der Waals surface area contributed by atoms with Crippen LogP contribution in [0, 0.1) is 0 Å². The van der Waals surface area contributed by atoms with Crippen molar-refractivity contribution < 1.29 is 24.2 Å². The number of methoxy groups -OCH3 is 2. The SMILES string of the molecule is COc1ccc(C(=O)CSc2nnnn2-c2ccc(C(=O)O)cc2)cc1OC. The Kier molecular flexibility index (Phi) is 5.90. The van der Waals surface area contributed by atoms with E-state index in [-0.39, 0.29) is 17.1 Å². The number of thioether (sulfide) groups is 1. The van der Waals surface area contributed by atoms with Crippen LogP contribution in [0.25, 0.3) is 5.69 Å². The molecule has 0 aliphatic carbocycles. The minimum atomic E-state index is -1.02. The molecule has 0 aliphatic rings. The zero-order chi connectivity index (χ0) is 20.1. The van der Waals surface area contributed by atoms with E-state index in [1.54, 1.807) is 30.3 Å². The van der Waals surface area contributed by atoms with Gasteiger partial charge in [0.1, 0.15) is 0 Å². The quantitative estimate of drug-likeness (QED) is 0.449. The van der Waals surface area contributed by atoms with Crippen molar-refractivity contribution >= 4 is 23.5 Å². The molecule has 0 aliphatic heterocycles. The standard InChI is InChI=1S/C18H16N4O5S/c1-26-15-8-5-12(9-16(15)27-2)14(23)10-28-18-19-20-21-22(18)13-6-3-11(4-7-13)17(24)25/h3-9H,10H2,1-2H3,(H,24,25). The van der Waals surface area contributed by atoms with E-state index in [1.165, 1.54) is 42.8 Å². The van der Waals surface area contributed by atoms with Gasteiger partial charge in [0, 0.05) is 5.56 Å². The predicted molar refractivity (Wildman–Crippen MR) is 101 cm³/mol. The number of carbonyl (C=O) groups is 2. The number of hydrogen-bond donors (Lipinski definition) is 1. The summed E-state index contributed by atoms with van der Waals surface area (Å²) in [6.07, 6.45) is 0. The molecule has 1 aromatic heterocycles. The van der Waals surface area contributed by atoms with Gasteiger partial charge in [0.25, 0.3) is 0 Å². The summed E-state index contributed by atoms with van der Waals surface area (Å²) in [5.74, 6) is -0.00875. The lowest BCUT2D eigenvalue weighted by molar-refractivity contribution is 0.0696. The van der Waals surface area contributed by atoms with Gasteiger partial charge in [-0.15, -0.1) is 5.10 Å². The Bertz CT molecular complexity index is 1000. The molecule has 144 valence electrons. The molecule has 9 nitrogen and oxygen atoms in total. The van der Waals surface area contributed by atoms with Crippen molar-refractivity contribution in [2.24, 2.45) is 0 Å². The van der Waals surface area contributed by atoms with E-state index in [2.05, 4.69) is 15.5 Å². The maximum atomic E-state index is 12.5. The highest BCUT2D eigenvalue weighted by Crippen LogP contribution is 2.28. The second-order valence-corrected chi connectivity index (χ2v) is 6.45. The number of ether oxygens (including phenoxy) is 2. The highest BCUT2D eigenvalue weighted by molar-refractivity contribution is 7.99. The van der Waals surface area contributed by atoms with Crippen molar-refractivity contribution in [1.82, 2.24) is 20.2 Å². The van der Waals surface area contributed by atoms with Crippen LogP contribution in [-0.4, -0.2) is 57.0 Å². The molecule has 28 heavy (non-hydrogen) atoms. The molecule has 3 rings (SSSR count). The summed E-state index contributed by atoms with van der Waals surface area (Å²) in [7, 11) is 3.03. The van der Waals surface area contributed by atoms with Crippen LogP contribution in [-0.2, 0) is 0 Å². The van der Waals surface area contributed by atoms with Crippen molar-refractivity contribution in [1.29, 1.82) is 0 Å². The van der Waals surface area contributed by atoms with Gasteiger partial charge in [-0.05, 0) is 52.9 Å². The number of hydrogen-bond acceptors (Lipinski definition) is 8. The van der Waals surface area contributed by atoms with Gasteiger partial charge in [-0.3, -0.25) is 4.79 Å². The van der Waals surface area contributed by atoms with Crippen molar-refractivity contribution in [3.8, 4) is 17.2 Å². The van der Waals surface area contributed by atoms with Gasteiger partial charge < -0.3 is 14.6 Å². The number of aromatic carboxylic acids is 1. The summed E-state index contributed by atoms with van der Waals surface area (Å²) in [5, 5.41) is 20.9. The Balaban J connectivity index is 1.73. The Labute approximate surface area is 164 Å². The molecule has 0 fully saturated rings. The Morgan fingerprint density at radius 2 is 1.71 bits per heavy atom. The number of ketones is 1. The first-order valence-electron chi connectivity index (χ1n) is 8.03. The number of benzene rings is 2. The van der Waals surface area contributed by atoms with Crippen LogP contribution in [0.5, 0.6) is 11.5 Å². The third-order valence-electron chi connectivity index (χ3n) is 3.84. The fraction of sp³-hybridized carbons (Fsp3) is 0.167. The Hall–Kier alpha value is -3.40. The second kappa shape index (κ2) is 8.53. The summed E-state index contributed by atoms with van der Waals surface area (Å²) in [6.45, 7) is 0. The molecule has 0 atom stereocenters. The fourth-order valence-electron chi connectivity index (χ4n) is 2.40. The van der Waals surface area contributed by atoms with Crippen LogP contribution in [0.2, 0.25) is 0 Å². The number of tetrazole rings is 1. The number of aromatic nitrogens is 4. The summed E-state index contributed by atoms with van der Waals surface area (Å²) < 4.78 is 11.8. The predicted octanol–water partition coefficient (Wildman–Crippen LogP) is 2.35. The summed E-state index contributed by atoms with van der Waals surface area (Å²) >= 11 is 1.17. The van der Waals surface area contributed by atoms with E-state index in [4.69, 9.17) is 14.6 Å². The lowest BCUT2D eigenvalue weighted by Crippen LogP contribution is -2.06. The first-order chi connectivity index (χ1) is 13.5. The molecule has 1 N–H and O–H groups in total. The van der Waals surface area contributed by atoms with Crippen LogP contribution >= 0.6 is 11.8 Å². The minimum absolute atomic E-state index is 0.114. The normalized spacial score (nSPS) is 10.5. The first kappa shape index (κ1) is 19.4. The van der Waals surface area contributed by atoms with Crippen molar-refractivity contribution in [2.75, 3.05) is 20.0 Å². The zero-order valence-corrected chi connectivity index (χ0v) is 15.8. The van der Waals surface area contributed by atoms with Crippen LogP contribution in [0.1, 0.15) is 20.7 Å². The zero-order valence-electron chi connectivity index (χ0n) is 15.0. The molecule has 0 bridgehead atoms. The maximum Gasteiger partial charge on any atom is 0.335 e. The highest BCUT2D eigenvalue weighted by atomic mass is 32.2. The van der Waals surface area contributed by atoms with Gasteiger partial charge in [-0.25, -0.2) is 4.79 Å². The number of carbonyl (C=O) groups excluding carboxylic acids is 1. The van der Waals surface area contributed by atoms with Gasteiger partial charge in [0.15, 0.2) is 17.3 Å². The molecule has 0 amide bonds. The third-order valence-corrected chi connectivity index (χ3v) is 4.76. The average molecular weight is 400 g/mol. The van der Waals surface area contributed by atoms with Crippen LogP contribution in [0.15, 0.2) is 47.6 Å². The Morgan fingerprint density at radius 3 is 2.36 bits per heavy atom. The fourth-order valence-corrected chi connectivity index (χ4v) is 3.18. The lowest BCUT2D eigenvalue weighted by atomic mass is 10.1. The molecule has 3 aromatic rings.